The highest BCUT2D eigenvalue weighted by Gasteiger charge is 2.06. The minimum Gasteiger partial charge on any atom is -0.491 e. The van der Waals surface area contributed by atoms with Gasteiger partial charge in [-0.2, -0.15) is 5.26 Å². The van der Waals surface area contributed by atoms with E-state index in [2.05, 4.69) is 11.0 Å². The SMILES string of the molecule is CC(C#N)CN(C)c1ccc(OC(C)C)cc1. The smallest absolute Gasteiger partial charge is 0.119 e. The van der Waals surface area contributed by atoms with Gasteiger partial charge in [0.05, 0.1) is 18.1 Å². The van der Waals surface area contributed by atoms with Gasteiger partial charge in [0.15, 0.2) is 0 Å². The summed E-state index contributed by atoms with van der Waals surface area (Å²) in [6.07, 6.45) is 0.192. The highest BCUT2D eigenvalue weighted by Crippen LogP contribution is 2.20. The van der Waals surface area contributed by atoms with Crippen LogP contribution in [0.2, 0.25) is 0 Å². The molecule has 3 heteroatoms. The molecule has 1 aromatic carbocycles. The molecular formula is C14H20N2O. The zero-order valence-electron chi connectivity index (χ0n) is 11.0. The number of rotatable bonds is 5. The van der Waals surface area contributed by atoms with Gasteiger partial charge < -0.3 is 9.64 Å². The van der Waals surface area contributed by atoms with Gasteiger partial charge in [0.2, 0.25) is 0 Å². The molecule has 0 aliphatic carbocycles. The molecule has 17 heavy (non-hydrogen) atoms. The fraction of sp³-hybridized carbons (Fsp3) is 0.500. The minimum absolute atomic E-state index is 0.0339. The molecule has 0 fully saturated rings. The van der Waals surface area contributed by atoms with Crippen molar-refractivity contribution >= 4 is 5.69 Å². The van der Waals surface area contributed by atoms with Crippen molar-refractivity contribution in [3.05, 3.63) is 24.3 Å². The average molecular weight is 232 g/mol. The predicted molar refractivity (Wildman–Crippen MR) is 70.3 cm³/mol. The summed E-state index contributed by atoms with van der Waals surface area (Å²) in [5.74, 6) is 0.914. The van der Waals surface area contributed by atoms with Crippen molar-refractivity contribution in [2.24, 2.45) is 5.92 Å². The Bertz CT molecular complexity index is 378. The Morgan fingerprint density at radius 3 is 2.29 bits per heavy atom. The first-order chi connectivity index (χ1) is 8.02. The molecule has 1 rings (SSSR count). The van der Waals surface area contributed by atoms with E-state index in [-0.39, 0.29) is 12.0 Å². The van der Waals surface area contributed by atoms with Crippen molar-refractivity contribution in [1.82, 2.24) is 0 Å². The van der Waals surface area contributed by atoms with Gasteiger partial charge in [0, 0.05) is 19.3 Å². The molecule has 0 amide bonds. The molecule has 3 nitrogen and oxygen atoms in total. The van der Waals surface area contributed by atoms with Crippen LogP contribution in [0.25, 0.3) is 0 Å². The fourth-order valence-electron chi connectivity index (χ4n) is 1.61. The summed E-state index contributed by atoms with van der Waals surface area (Å²) in [6.45, 7) is 6.68. The summed E-state index contributed by atoms with van der Waals surface area (Å²) >= 11 is 0. The Hall–Kier alpha value is -1.69. The van der Waals surface area contributed by atoms with Gasteiger partial charge in [-0.15, -0.1) is 0 Å². The Morgan fingerprint density at radius 2 is 1.82 bits per heavy atom. The van der Waals surface area contributed by atoms with E-state index in [1.807, 2.05) is 52.1 Å². The van der Waals surface area contributed by atoms with Crippen molar-refractivity contribution < 1.29 is 4.74 Å². The monoisotopic (exact) mass is 232 g/mol. The van der Waals surface area contributed by atoms with Crippen molar-refractivity contribution in [1.29, 1.82) is 5.26 Å². The zero-order valence-corrected chi connectivity index (χ0v) is 11.0. The van der Waals surface area contributed by atoms with Gasteiger partial charge in [-0.1, -0.05) is 0 Å². The molecule has 0 heterocycles. The first-order valence-electron chi connectivity index (χ1n) is 5.90. The molecule has 0 saturated carbocycles. The molecule has 0 bridgehead atoms. The van der Waals surface area contributed by atoms with Crippen LogP contribution in [0, 0.1) is 17.2 Å². The van der Waals surface area contributed by atoms with Crippen LogP contribution in [-0.4, -0.2) is 19.7 Å². The Labute approximate surface area is 104 Å². The summed E-state index contributed by atoms with van der Waals surface area (Å²) in [5.41, 5.74) is 1.10. The predicted octanol–water partition coefficient (Wildman–Crippen LogP) is 3.07. The first kappa shape index (κ1) is 13.4. The van der Waals surface area contributed by atoms with E-state index in [9.17, 15) is 0 Å². The molecule has 0 radical (unpaired) electrons. The number of hydrogen-bond acceptors (Lipinski definition) is 3. The van der Waals surface area contributed by atoms with E-state index in [1.54, 1.807) is 0 Å². The van der Waals surface area contributed by atoms with Crippen LogP contribution in [0.5, 0.6) is 5.75 Å². The topological polar surface area (TPSA) is 36.3 Å². The number of ether oxygens (including phenoxy) is 1. The molecule has 0 aromatic heterocycles. The van der Waals surface area contributed by atoms with E-state index in [1.165, 1.54) is 0 Å². The van der Waals surface area contributed by atoms with Crippen LogP contribution >= 0.6 is 0 Å². The van der Waals surface area contributed by atoms with E-state index in [4.69, 9.17) is 10.00 Å². The molecule has 0 aliphatic rings. The largest absolute Gasteiger partial charge is 0.491 e. The molecule has 0 aliphatic heterocycles. The molecule has 0 N–H and O–H groups in total. The van der Waals surface area contributed by atoms with Gasteiger partial charge in [-0.3, -0.25) is 0 Å². The third-order valence-corrected chi connectivity index (χ3v) is 2.42. The first-order valence-corrected chi connectivity index (χ1v) is 5.90. The van der Waals surface area contributed by atoms with E-state index in [0.29, 0.717) is 0 Å². The van der Waals surface area contributed by atoms with Crippen molar-refractivity contribution in [2.45, 2.75) is 26.9 Å². The van der Waals surface area contributed by atoms with Crippen LogP contribution in [0.3, 0.4) is 0 Å². The fourth-order valence-corrected chi connectivity index (χ4v) is 1.61. The van der Waals surface area contributed by atoms with Crippen molar-refractivity contribution in [2.75, 3.05) is 18.5 Å². The van der Waals surface area contributed by atoms with Gasteiger partial charge in [0.1, 0.15) is 5.75 Å². The summed E-state index contributed by atoms with van der Waals surface area (Å²) in [7, 11) is 1.99. The number of hydrogen-bond donors (Lipinski definition) is 0. The lowest BCUT2D eigenvalue weighted by Crippen LogP contribution is -2.23. The molecule has 0 saturated heterocycles. The minimum atomic E-state index is 0.0339. The standard InChI is InChI=1S/C14H20N2O/c1-11(2)17-14-7-5-13(6-8-14)16(4)10-12(3)9-15/h5-8,11-12H,10H2,1-4H3. The number of anilines is 1. The van der Waals surface area contributed by atoms with Gasteiger partial charge in [0.25, 0.3) is 0 Å². The second-order valence-corrected chi connectivity index (χ2v) is 4.57. The lowest BCUT2D eigenvalue weighted by atomic mass is 10.2. The number of nitriles is 1. The number of nitrogens with zero attached hydrogens (tertiary/aromatic N) is 2. The second kappa shape index (κ2) is 6.15. The lowest BCUT2D eigenvalue weighted by Gasteiger charge is -2.20. The van der Waals surface area contributed by atoms with Gasteiger partial charge in [-0.25, -0.2) is 0 Å². The third kappa shape index (κ3) is 4.36. The Balaban J connectivity index is 2.64. The highest BCUT2D eigenvalue weighted by atomic mass is 16.5. The van der Waals surface area contributed by atoms with Gasteiger partial charge in [-0.05, 0) is 45.0 Å². The quantitative estimate of drug-likeness (QED) is 0.782. The summed E-state index contributed by atoms with van der Waals surface area (Å²) < 4.78 is 5.58. The molecule has 1 aromatic rings. The van der Waals surface area contributed by atoms with Crippen LogP contribution in [0.1, 0.15) is 20.8 Å². The summed E-state index contributed by atoms with van der Waals surface area (Å²) in [5, 5.41) is 8.78. The van der Waals surface area contributed by atoms with Gasteiger partial charge >= 0.3 is 0 Å². The third-order valence-electron chi connectivity index (χ3n) is 2.42. The summed E-state index contributed by atoms with van der Waals surface area (Å²) in [6, 6.07) is 10.2. The van der Waals surface area contributed by atoms with Crippen LogP contribution in [0.15, 0.2) is 24.3 Å². The second-order valence-electron chi connectivity index (χ2n) is 4.57. The molecular weight excluding hydrogens is 212 g/mol. The average Bonchev–Trinajstić information content (AvgIpc) is 2.28. The lowest BCUT2D eigenvalue weighted by molar-refractivity contribution is 0.242. The highest BCUT2D eigenvalue weighted by molar-refractivity contribution is 5.48. The molecule has 1 unspecified atom stereocenters. The maximum atomic E-state index is 8.78. The van der Waals surface area contributed by atoms with Crippen LogP contribution in [-0.2, 0) is 0 Å². The van der Waals surface area contributed by atoms with E-state index in [0.717, 1.165) is 18.0 Å². The molecule has 1 atom stereocenters. The van der Waals surface area contributed by atoms with Crippen molar-refractivity contribution in [3.63, 3.8) is 0 Å². The Kier molecular flexibility index (Phi) is 4.84. The normalized spacial score (nSPS) is 12.0. The zero-order chi connectivity index (χ0) is 12.8. The molecule has 92 valence electrons. The Morgan fingerprint density at radius 1 is 1.24 bits per heavy atom. The van der Waals surface area contributed by atoms with E-state index < -0.39 is 0 Å². The van der Waals surface area contributed by atoms with E-state index >= 15 is 0 Å². The summed E-state index contributed by atoms with van der Waals surface area (Å²) in [4.78, 5) is 2.08. The van der Waals surface area contributed by atoms with Crippen molar-refractivity contribution in [3.8, 4) is 11.8 Å². The van der Waals surface area contributed by atoms with Crippen LogP contribution < -0.4 is 9.64 Å². The van der Waals surface area contributed by atoms with Crippen LogP contribution in [0.4, 0.5) is 5.69 Å². The maximum Gasteiger partial charge on any atom is 0.119 e. The molecule has 0 spiro atoms. The number of benzene rings is 1. The maximum absolute atomic E-state index is 8.78.